The van der Waals surface area contributed by atoms with E-state index in [-0.39, 0.29) is 5.91 Å². The number of aromatic nitrogens is 2. The third kappa shape index (κ3) is 5.54. The molecule has 3 aromatic rings. The average molecular weight is 412 g/mol. The number of hydrogen-bond donors (Lipinski definition) is 1. The van der Waals surface area contributed by atoms with E-state index in [0.717, 1.165) is 39.9 Å². The van der Waals surface area contributed by atoms with Crippen LogP contribution in [0.4, 0.5) is 0 Å². The second-order valence-corrected chi connectivity index (χ2v) is 7.39. The van der Waals surface area contributed by atoms with Crippen molar-refractivity contribution in [2.45, 2.75) is 11.6 Å². The van der Waals surface area contributed by atoms with Crippen LogP contribution >= 0.6 is 11.8 Å². The number of hydrogen-bond acceptors (Lipinski definition) is 5. The van der Waals surface area contributed by atoms with Gasteiger partial charge in [-0.25, -0.2) is 4.98 Å². The molecule has 0 saturated heterocycles. The molecule has 29 heavy (non-hydrogen) atoms. The molecule has 0 saturated carbocycles. The first-order valence-corrected chi connectivity index (χ1v) is 10.3. The van der Waals surface area contributed by atoms with E-state index >= 15 is 0 Å². The summed E-state index contributed by atoms with van der Waals surface area (Å²) in [6.45, 7) is 0.601. The Morgan fingerprint density at radius 3 is 2.28 bits per heavy atom. The van der Waals surface area contributed by atoms with Gasteiger partial charge >= 0.3 is 0 Å². The SMILES string of the molecule is COc1ccc(CCNC(=O)CSc2ncc(-c3ccc(OC)cc3)n2C)cc1. The van der Waals surface area contributed by atoms with E-state index < -0.39 is 0 Å². The van der Waals surface area contributed by atoms with Gasteiger partial charge in [-0.05, 0) is 48.4 Å². The van der Waals surface area contributed by atoms with Crippen LogP contribution in [0.25, 0.3) is 11.3 Å². The van der Waals surface area contributed by atoms with Crippen molar-refractivity contribution < 1.29 is 14.3 Å². The number of methoxy groups -OCH3 is 2. The molecule has 0 atom stereocenters. The van der Waals surface area contributed by atoms with Gasteiger partial charge in [-0.1, -0.05) is 23.9 Å². The molecule has 0 aliphatic rings. The molecule has 0 unspecified atom stereocenters. The Labute approximate surface area is 175 Å². The van der Waals surface area contributed by atoms with Crippen molar-refractivity contribution in [3.63, 3.8) is 0 Å². The molecule has 0 spiro atoms. The largest absolute Gasteiger partial charge is 0.497 e. The molecule has 1 aromatic heterocycles. The van der Waals surface area contributed by atoms with Crippen molar-refractivity contribution in [2.75, 3.05) is 26.5 Å². The minimum atomic E-state index is -0.00231. The molecule has 0 aliphatic carbocycles. The van der Waals surface area contributed by atoms with Crippen molar-refractivity contribution in [3.8, 4) is 22.8 Å². The first kappa shape index (κ1) is 20.8. The van der Waals surface area contributed by atoms with Crippen LogP contribution in [-0.4, -0.2) is 42.0 Å². The van der Waals surface area contributed by atoms with Gasteiger partial charge in [-0.3, -0.25) is 4.79 Å². The van der Waals surface area contributed by atoms with Crippen molar-refractivity contribution in [1.29, 1.82) is 0 Å². The fourth-order valence-corrected chi connectivity index (χ4v) is 3.66. The Kier molecular flexibility index (Phi) is 7.19. The number of ether oxygens (including phenoxy) is 2. The number of thioether (sulfide) groups is 1. The first-order chi connectivity index (χ1) is 14.1. The molecule has 152 valence electrons. The molecule has 1 amide bonds. The standard InChI is InChI=1S/C22H25N3O3S/c1-25-20(17-6-10-19(28-3)11-7-17)14-24-22(25)29-15-21(26)23-13-12-16-4-8-18(27-2)9-5-16/h4-11,14H,12-13,15H2,1-3H3,(H,23,26). The van der Waals surface area contributed by atoms with Crippen LogP contribution in [-0.2, 0) is 18.3 Å². The first-order valence-electron chi connectivity index (χ1n) is 9.29. The quantitative estimate of drug-likeness (QED) is 0.546. The summed E-state index contributed by atoms with van der Waals surface area (Å²) in [5.74, 6) is 1.97. The smallest absolute Gasteiger partial charge is 0.230 e. The molecule has 0 bridgehead atoms. The van der Waals surface area contributed by atoms with E-state index in [2.05, 4.69) is 10.3 Å². The number of carbonyl (C=O) groups excluding carboxylic acids is 1. The van der Waals surface area contributed by atoms with E-state index in [1.807, 2.05) is 66.3 Å². The summed E-state index contributed by atoms with van der Waals surface area (Å²) >= 11 is 1.43. The maximum absolute atomic E-state index is 12.2. The highest BCUT2D eigenvalue weighted by molar-refractivity contribution is 7.99. The second-order valence-electron chi connectivity index (χ2n) is 6.45. The van der Waals surface area contributed by atoms with Crippen LogP contribution in [0.5, 0.6) is 11.5 Å². The van der Waals surface area contributed by atoms with Gasteiger partial charge in [0.05, 0.1) is 31.9 Å². The normalized spacial score (nSPS) is 10.6. The maximum atomic E-state index is 12.2. The van der Waals surface area contributed by atoms with Crippen molar-refractivity contribution >= 4 is 17.7 Å². The Morgan fingerprint density at radius 2 is 1.66 bits per heavy atom. The topological polar surface area (TPSA) is 65.4 Å². The molecule has 3 rings (SSSR count). The lowest BCUT2D eigenvalue weighted by Gasteiger charge is -2.08. The number of rotatable bonds is 9. The molecule has 2 aromatic carbocycles. The van der Waals surface area contributed by atoms with Gasteiger partial charge in [0, 0.05) is 19.2 Å². The predicted molar refractivity (Wildman–Crippen MR) is 116 cm³/mol. The molecule has 0 radical (unpaired) electrons. The average Bonchev–Trinajstić information content (AvgIpc) is 3.13. The number of nitrogens with zero attached hydrogens (tertiary/aromatic N) is 2. The van der Waals surface area contributed by atoms with E-state index in [9.17, 15) is 4.79 Å². The van der Waals surface area contributed by atoms with Gasteiger partial charge in [0.25, 0.3) is 0 Å². The van der Waals surface area contributed by atoms with Crippen LogP contribution in [0, 0.1) is 0 Å². The molecule has 6 nitrogen and oxygen atoms in total. The van der Waals surface area contributed by atoms with E-state index in [1.54, 1.807) is 14.2 Å². The minimum absolute atomic E-state index is 0.00231. The zero-order chi connectivity index (χ0) is 20.6. The molecule has 1 N–H and O–H groups in total. The summed E-state index contributed by atoms with van der Waals surface area (Å²) in [6, 6.07) is 15.7. The maximum Gasteiger partial charge on any atom is 0.230 e. The summed E-state index contributed by atoms with van der Waals surface area (Å²) < 4.78 is 12.3. The van der Waals surface area contributed by atoms with Crippen molar-refractivity contribution in [2.24, 2.45) is 7.05 Å². The van der Waals surface area contributed by atoms with Gasteiger partial charge in [0.1, 0.15) is 11.5 Å². The fraction of sp³-hybridized carbons (Fsp3) is 0.273. The molecular weight excluding hydrogens is 386 g/mol. The Morgan fingerprint density at radius 1 is 1.03 bits per heavy atom. The van der Waals surface area contributed by atoms with Crippen LogP contribution in [0.3, 0.4) is 0 Å². The molecule has 1 heterocycles. The van der Waals surface area contributed by atoms with Gasteiger partial charge < -0.3 is 19.4 Å². The molecule has 7 heteroatoms. The van der Waals surface area contributed by atoms with Crippen molar-refractivity contribution in [3.05, 3.63) is 60.3 Å². The van der Waals surface area contributed by atoms with Crippen molar-refractivity contribution in [1.82, 2.24) is 14.9 Å². The lowest BCUT2D eigenvalue weighted by Crippen LogP contribution is -2.27. The van der Waals surface area contributed by atoms with Gasteiger partial charge in [0.2, 0.25) is 5.91 Å². The summed E-state index contributed by atoms with van der Waals surface area (Å²) in [5, 5.41) is 3.77. The Balaban J connectivity index is 1.47. The lowest BCUT2D eigenvalue weighted by molar-refractivity contribution is -0.118. The van der Waals surface area contributed by atoms with E-state index in [1.165, 1.54) is 11.8 Å². The third-order valence-corrected chi connectivity index (χ3v) is 5.60. The monoisotopic (exact) mass is 411 g/mol. The Bertz CT molecular complexity index is 937. The molecule has 0 fully saturated rings. The van der Waals surface area contributed by atoms with Gasteiger partial charge in [-0.2, -0.15) is 0 Å². The lowest BCUT2D eigenvalue weighted by atomic mass is 10.1. The summed E-state index contributed by atoms with van der Waals surface area (Å²) in [4.78, 5) is 16.6. The number of amides is 1. The fourth-order valence-electron chi connectivity index (χ4n) is 2.88. The molecular formula is C22H25N3O3S. The highest BCUT2D eigenvalue weighted by atomic mass is 32.2. The summed E-state index contributed by atoms with van der Waals surface area (Å²) in [5.41, 5.74) is 3.21. The predicted octanol–water partition coefficient (Wildman–Crippen LogP) is 3.56. The van der Waals surface area contributed by atoms with Crippen LogP contribution in [0.15, 0.2) is 59.9 Å². The van der Waals surface area contributed by atoms with Gasteiger partial charge in [0.15, 0.2) is 5.16 Å². The summed E-state index contributed by atoms with van der Waals surface area (Å²) in [6.07, 6.45) is 2.61. The van der Waals surface area contributed by atoms with Crippen LogP contribution in [0.1, 0.15) is 5.56 Å². The zero-order valence-electron chi connectivity index (χ0n) is 16.8. The highest BCUT2D eigenvalue weighted by Crippen LogP contribution is 2.26. The zero-order valence-corrected chi connectivity index (χ0v) is 17.7. The number of nitrogens with one attached hydrogen (secondary N) is 1. The summed E-state index contributed by atoms with van der Waals surface area (Å²) in [7, 11) is 5.25. The van der Waals surface area contributed by atoms with Gasteiger partial charge in [-0.15, -0.1) is 0 Å². The number of imidazole rings is 1. The number of benzene rings is 2. The molecule has 0 aliphatic heterocycles. The second kappa shape index (κ2) is 10.0. The Hall–Kier alpha value is -2.93. The van der Waals surface area contributed by atoms with E-state index in [0.29, 0.717) is 12.3 Å². The minimum Gasteiger partial charge on any atom is -0.497 e. The highest BCUT2D eigenvalue weighted by Gasteiger charge is 2.11. The third-order valence-electron chi connectivity index (χ3n) is 4.56. The number of carbonyl (C=O) groups is 1. The van der Waals surface area contributed by atoms with Crippen LogP contribution in [0.2, 0.25) is 0 Å². The van der Waals surface area contributed by atoms with Crippen LogP contribution < -0.4 is 14.8 Å². The van der Waals surface area contributed by atoms with E-state index in [4.69, 9.17) is 9.47 Å².